The average molecular weight is 310 g/mol. The van der Waals surface area contributed by atoms with E-state index in [1.54, 1.807) is 24.6 Å². The van der Waals surface area contributed by atoms with E-state index in [1.165, 1.54) is 0 Å². The van der Waals surface area contributed by atoms with Crippen LogP contribution in [0.15, 0.2) is 35.1 Å². The lowest BCUT2D eigenvalue weighted by molar-refractivity contribution is 0.0525. The molecule has 0 aliphatic rings. The summed E-state index contributed by atoms with van der Waals surface area (Å²) in [7, 11) is 1.72. The average Bonchev–Trinajstić information content (AvgIpc) is 2.58. The van der Waals surface area contributed by atoms with Crippen LogP contribution in [0.3, 0.4) is 0 Å². The Hall–Kier alpha value is -2.69. The third kappa shape index (κ3) is 2.38. The van der Waals surface area contributed by atoms with Crippen molar-refractivity contribution in [2.45, 2.75) is 20.3 Å². The SMILES string of the molecule is CCOC(=O)c1cc2c(=O)n(C)c3ccccc3c2nc1CC. The van der Waals surface area contributed by atoms with Crippen molar-refractivity contribution in [3.05, 3.63) is 51.9 Å². The van der Waals surface area contributed by atoms with Crippen molar-refractivity contribution >= 4 is 27.8 Å². The summed E-state index contributed by atoms with van der Waals surface area (Å²) >= 11 is 0. The molecule has 0 spiro atoms. The van der Waals surface area contributed by atoms with Crippen LogP contribution in [0.1, 0.15) is 29.9 Å². The fourth-order valence-electron chi connectivity index (χ4n) is 2.83. The molecule has 1 aromatic carbocycles. The second-order valence-corrected chi connectivity index (χ2v) is 5.33. The molecule has 0 fully saturated rings. The number of carbonyl (C=O) groups is 1. The van der Waals surface area contributed by atoms with Crippen LogP contribution in [-0.4, -0.2) is 22.1 Å². The highest BCUT2D eigenvalue weighted by Gasteiger charge is 2.18. The minimum Gasteiger partial charge on any atom is -0.462 e. The summed E-state index contributed by atoms with van der Waals surface area (Å²) < 4.78 is 6.67. The van der Waals surface area contributed by atoms with Crippen molar-refractivity contribution in [1.29, 1.82) is 0 Å². The Morgan fingerprint density at radius 2 is 1.96 bits per heavy atom. The second kappa shape index (κ2) is 5.83. The molecule has 0 bridgehead atoms. The van der Waals surface area contributed by atoms with Crippen LogP contribution in [0.5, 0.6) is 0 Å². The van der Waals surface area contributed by atoms with Gasteiger partial charge in [-0.25, -0.2) is 4.79 Å². The first-order valence-corrected chi connectivity index (χ1v) is 7.67. The Labute approximate surface area is 133 Å². The van der Waals surface area contributed by atoms with Gasteiger partial charge in [-0.15, -0.1) is 0 Å². The number of pyridine rings is 2. The Morgan fingerprint density at radius 1 is 1.22 bits per heavy atom. The van der Waals surface area contributed by atoms with E-state index in [-0.39, 0.29) is 12.2 Å². The van der Waals surface area contributed by atoms with Crippen molar-refractivity contribution in [2.75, 3.05) is 6.61 Å². The third-order valence-corrected chi connectivity index (χ3v) is 3.99. The number of para-hydroxylation sites is 1. The normalized spacial score (nSPS) is 11.1. The van der Waals surface area contributed by atoms with Crippen molar-refractivity contribution in [3.8, 4) is 0 Å². The van der Waals surface area contributed by atoms with Gasteiger partial charge in [0.1, 0.15) is 0 Å². The third-order valence-electron chi connectivity index (χ3n) is 3.99. The molecule has 0 aliphatic heterocycles. The molecule has 0 saturated carbocycles. The molecular formula is C18H18N2O3. The van der Waals surface area contributed by atoms with Crippen molar-refractivity contribution < 1.29 is 9.53 Å². The summed E-state index contributed by atoms with van der Waals surface area (Å²) in [4.78, 5) is 29.4. The molecule has 0 radical (unpaired) electrons. The van der Waals surface area contributed by atoms with Gasteiger partial charge in [0.2, 0.25) is 0 Å². The molecule has 0 aliphatic carbocycles. The smallest absolute Gasteiger partial charge is 0.340 e. The maximum absolute atomic E-state index is 12.6. The topological polar surface area (TPSA) is 61.2 Å². The Balaban J connectivity index is 2.44. The standard InChI is InChI=1S/C18H18N2O3/c1-4-14-12(18(22)23-5-2)10-13-16(19-14)11-8-6-7-9-15(11)20(3)17(13)21/h6-10H,4-5H2,1-3H3. The minimum absolute atomic E-state index is 0.167. The van der Waals surface area contributed by atoms with Gasteiger partial charge in [0, 0.05) is 12.4 Å². The first kappa shape index (κ1) is 15.2. The first-order chi connectivity index (χ1) is 11.1. The number of ether oxygens (including phenoxy) is 1. The van der Waals surface area contributed by atoms with Gasteiger partial charge in [-0.3, -0.25) is 9.78 Å². The Kier molecular flexibility index (Phi) is 3.86. The molecule has 0 saturated heterocycles. The van der Waals surface area contributed by atoms with Crippen LogP contribution >= 0.6 is 0 Å². The number of benzene rings is 1. The van der Waals surface area contributed by atoms with Gasteiger partial charge in [0.25, 0.3) is 5.56 Å². The van der Waals surface area contributed by atoms with Gasteiger partial charge in [0.05, 0.1) is 34.3 Å². The zero-order chi connectivity index (χ0) is 16.6. The molecule has 2 heterocycles. The van der Waals surface area contributed by atoms with Crippen LogP contribution in [0.2, 0.25) is 0 Å². The molecule has 0 atom stereocenters. The van der Waals surface area contributed by atoms with Gasteiger partial charge >= 0.3 is 5.97 Å². The number of nitrogens with zero attached hydrogens (tertiary/aromatic N) is 2. The minimum atomic E-state index is -0.436. The first-order valence-electron chi connectivity index (χ1n) is 7.67. The number of esters is 1. The van der Waals surface area contributed by atoms with E-state index < -0.39 is 5.97 Å². The molecule has 5 heteroatoms. The molecule has 0 unspecified atom stereocenters. The summed E-state index contributed by atoms with van der Waals surface area (Å²) in [6.07, 6.45) is 0.591. The van der Waals surface area contributed by atoms with Crippen LogP contribution in [0, 0.1) is 0 Å². The van der Waals surface area contributed by atoms with E-state index >= 15 is 0 Å². The van der Waals surface area contributed by atoms with Crippen LogP contribution in [0.4, 0.5) is 0 Å². The monoisotopic (exact) mass is 310 g/mol. The van der Waals surface area contributed by atoms with E-state index in [9.17, 15) is 9.59 Å². The molecule has 3 aromatic rings. The summed E-state index contributed by atoms with van der Waals surface area (Å²) in [5.74, 6) is -0.436. The molecule has 2 aromatic heterocycles. The quantitative estimate of drug-likeness (QED) is 0.551. The van der Waals surface area contributed by atoms with Gasteiger partial charge in [-0.05, 0) is 25.5 Å². The van der Waals surface area contributed by atoms with E-state index in [0.29, 0.717) is 28.6 Å². The molecule has 118 valence electrons. The molecule has 3 rings (SSSR count). The van der Waals surface area contributed by atoms with Gasteiger partial charge in [0.15, 0.2) is 0 Å². The molecule has 5 nitrogen and oxygen atoms in total. The van der Waals surface area contributed by atoms with Gasteiger partial charge < -0.3 is 9.30 Å². The summed E-state index contributed by atoms with van der Waals surface area (Å²) in [6.45, 7) is 3.97. The number of carbonyl (C=O) groups excluding carboxylic acids is 1. The number of hydrogen-bond donors (Lipinski definition) is 0. The van der Waals surface area contributed by atoms with E-state index in [0.717, 1.165) is 10.9 Å². The fourth-order valence-corrected chi connectivity index (χ4v) is 2.83. The number of aromatic nitrogens is 2. The van der Waals surface area contributed by atoms with E-state index in [2.05, 4.69) is 4.98 Å². The lowest BCUT2D eigenvalue weighted by atomic mass is 10.1. The van der Waals surface area contributed by atoms with Crippen molar-refractivity contribution in [3.63, 3.8) is 0 Å². The number of hydrogen-bond acceptors (Lipinski definition) is 4. The Morgan fingerprint density at radius 3 is 2.65 bits per heavy atom. The number of rotatable bonds is 3. The Bertz CT molecular complexity index is 973. The zero-order valence-electron chi connectivity index (χ0n) is 13.4. The molecule has 23 heavy (non-hydrogen) atoms. The number of fused-ring (bicyclic) bond motifs is 3. The highest BCUT2D eigenvalue weighted by atomic mass is 16.5. The predicted molar refractivity (Wildman–Crippen MR) is 89.8 cm³/mol. The van der Waals surface area contributed by atoms with Crippen LogP contribution < -0.4 is 5.56 Å². The largest absolute Gasteiger partial charge is 0.462 e. The summed E-state index contributed by atoms with van der Waals surface area (Å²) in [6, 6.07) is 9.25. The van der Waals surface area contributed by atoms with Gasteiger partial charge in [-0.1, -0.05) is 25.1 Å². The van der Waals surface area contributed by atoms with E-state index in [1.807, 2.05) is 31.2 Å². The predicted octanol–water partition coefficient (Wildman–Crippen LogP) is 2.83. The molecular weight excluding hydrogens is 292 g/mol. The lowest BCUT2D eigenvalue weighted by Crippen LogP contribution is -2.19. The van der Waals surface area contributed by atoms with Crippen LogP contribution in [0.25, 0.3) is 21.8 Å². The fraction of sp³-hybridized carbons (Fsp3) is 0.278. The molecule has 0 N–H and O–H groups in total. The zero-order valence-corrected chi connectivity index (χ0v) is 13.4. The van der Waals surface area contributed by atoms with Gasteiger partial charge in [-0.2, -0.15) is 0 Å². The van der Waals surface area contributed by atoms with E-state index in [4.69, 9.17) is 4.74 Å². The lowest BCUT2D eigenvalue weighted by Gasteiger charge is -2.12. The molecule has 0 amide bonds. The highest BCUT2D eigenvalue weighted by Crippen LogP contribution is 2.23. The second-order valence-electron chi connectivity index (χ2n) is 5.33. The maximum Gasteiger partial charge on any atom is 0.340 e. The summed E-state index contributed by atoms with van der Waals surface area (Å²) in [5.41, 5.74) is 2.31. The number of aryl methyl sites for hydroxylation is 2. The van der Waals surface area contributed by atoms with Crippen molar-refractivity contribution in [1.82, 2.24) is 9.55 Å². The highest BCUT2D eigenvalue weighted by molar-refractivity contribution is 6.05. The maximum atomic E-state index is 12.6. The van der Waals surface area contributed by atoms with Crippen molar-refractivity contribution in [2.24, 2.45) is 7.05 Å². The summed E-state index contributed by atoms with van der Waals surface area (Å²) in [5, 5.41) is 1.33. The van der Waals surface area contributed by atoms with Crippen LogP contribution in [-0.2, 0) is 18.2 Å².